The van der Waals surface area contributed by atoms with Crippen molar-refractivity contribution in [3.63, 3.8) is 0 Å². The molecule has 0 saturated carbocycles. The summed E-state index contributed by atoms with van der Waals surface area (Å²) in [5.74, 6) is 0.923. The van der Waals surface area contributed by atoms with Gasteiger partial charge < -0.3 is 4.74 Å². The average Bonchev–Trinajstić information content (AvgIpc) is 2.39. The molecule has 1 aliphatic rings. The van der Waals surface area contributed by atoms with Gasteiger partial charge in [0.1, 0.15) is 5.75 Å². The first-order chi connectivity index (χ1) is 7.83. The summed E-state index contributed by atoms with van der Waals surface area (Å²) < 4.78 is 5.17. The fourth-order valence-corrected chi connectivity index (χ4v) is 2.11. The van der Waals surface area contributed by atoms with Crippen LogP contribution in [0.1, 0.15) is 31.7 Å². The third kappa shape index (κ3) is 2.35. The van der Waals surface area contributed by atoms with E-state index in [0.717, 1.165) is 5.75 Å². The highest BCUT2D eigenvalue weighted by Crippen LogP contribution is 2.30. The van der Waals surface area contributed by atoms with Crippen LogP contribution in [0.4, 0.5) is 0 Å². The molecule has 16 heavy (non-hydrogen) atoms. The minimum atomic E-state index is 0.923. The third-order valence-corrected chi connectivity index (χ3v) is 3.10. The molecule has 2 rings (SSSR count). The first kappa shape index (κ1) is 11.0. The molecule has 0 atom stereocenters. The number of rotatable bonds is 2. The van der Waals surface area contributed by atoms with E-state index in [4.69, 9.17) is 4.74 Å². The van der Waals surface area contributed by atoms with Gasteiger partial charge in [0.05, 0.1) is 7.11 Å². The van der Waals surface area contributed by atoms with Crippen molar-refractivity contribution in [2.45, 2.75) is 26.2 Å². The molecule has 0 fully saturated rings. The van der Waals surface area contributed by atoms with E-state index >= 15 is 0 Å². The second kappa shape index (κ2) is 5.02. The molecule has 0 saturated heterocycles. The average molecular weight is 214 g/mol. The highest BCUT2D eigenvalue weighted by molar-refractivity contribution is 5.69. The van der Waals surface area contributed by atoms with Crippen molar-refractivity contribution in [2.75, 3.05) is 7.11 Å². The maximum Gasteiger partial charge on any atom is 0.118 e. The standard InChI is InChI=1S/C15H18O/c1-3-12-5-4-6-14(11-12)13-7-9-15(16-2)10-8-13/h3,7-11H,4-6H2,1-2H3/b12-3+. The number of allylic oxidation sites excluding steroid dienone is 4. The zero-order valence-electron chi connectivity index (χ0n) is 9.99. The lowest BCUT2D eigenvalue weighted by molar-refractivity contribution is 0.415. The van der Waals surface area contributed by atoms with Crippen LogP contribution in [0, 0.1) is 0 Å². The first-order valence-electron chi connectivity index (χ1n) is 5.83. The Hall–Kier alpha value is -1.50. The molecule has 0 aromatic heterocycles. The van der Waals surface area contributed by atoms with Gasteiger partial charge in [-0.05, 0) is 49.5 Å². The second-order valence-corrected chi connectivity index (χ2v) is 4.12. The van der Waals surface area contributed by atoms with Crippen LogP contribution in [0.25, 0.3) is 5.57 Å². The molecule has 0 unspecified atom stereocenters. The molecule has 0 radical (unpaired) electrons. The molecule has 1 heteroatoms. The minimum Gasteiger partial charge on any atom is -0.497 e. The molecule has 0 spiro atoms. The molecular weight excluding hydrogens is 196 g/mol. The van der Waals surface area contributed by atoms with E-state index in [2.05, 4.69) is 31.2 Å². The van der Waals surface area contributed by atoms with Crippen LogP contribution in [-0.4, -0.2) is 7.11 Å². The monoisotopic (exact) mass is 214 g/mol. The highest BCUT2D eigenvalue weighted by atomic mass is 16.5. The lowest BCUT2D eigenvalue weighted by Crippen LogP contribution is -1.94. The maximum absolute atomic E-state index is 5.17. The zero-order valence-corrected chi connectivity index (χ0v) is 9.99. The summed E-state index contributed by atoms with van der Waals surface area (Å²) in [5.41, 5.74) is 4.22. The molecule has 84 valence electrons. The van der Waals surface area contributed by atoms with Gasteiger partial charge in [0.25, 0.3) is 0 Å². The number of ether oxygens (including phenoxy) is 1. The van der Waals surface area contributed by atoms with Crippen molar-refractivity contribution >= 4 is 5.57 Å². The van der Waals surface area contributed by atoms with Crippen molar-refractivity contribution in [3.8, 4) is 5.75 Å². The van der Waals surface area contributed by atoms with Crippen LogP contribution in [-0.2, 0) is 0 Å². The fraction of sp³-hybridized carbons (Fsp3) is 0.333. The summed E-state index contributed by atoms with van der Waals surface area (Å²) in [6.07, 6.45) is 8.20. The predicted octanol–water partition coefficient (Wildman–Crippen LogP) is 4.21. The Bertz CT molecular complexity index is 410. The van der Waals surface area contributed by atoms with Gasteiger partial charge in [-0.3, -0.25) is 0 Å². The number of hydrogen-bond donors (Lipinski definition) is 0. The van der Waals surface area contributed by atoms with E-state index in [0.29, 0.717) is 0 Å². The molecule has 0 heterocycles. The largest absolute Gasteiger partial charge is 0.497 e. The number of benzene rings is 1. The van der Waals surface area contributed by atoms with Gasteiger partial charge >= 0.3 is 0 Å². The Balaban J connectivity index is 2.26. The molecule has 1 aromatic rings. The van der Waals surface area contributed by atoms with Crippen molar-refractivity contribution in [2.24, 2.45) is 0 Å². The van der Waals surface area contributed by atoms with Gasteiger partial charge in [0.15, 0.2) is 0 Å². The van der Waals surface area contributed by atoms with Crippen molar-refractivity contribution in [3.05, 3.63) is 47.6 Å². The Labute approximate surface area is 97.4 Å². The van der Waals surface area contributed by atoms with Crippen molar-refractivity contribution < 1.29 is 4.74 Å². The van der Waals surface area contributed by atoms with E-state index in [9.17, 15) is 0 Å². The van der Waals surface area contributed by atoms with Gasteiger partial charge in [0.2, 0.25) is 0 Å². The fourth-order valence-electron chi connectivity index (χ4n) is 2.11. The van der Waals surface area contributed by atoms with Gasteiger partial charge in [-0.1, -0.05) is 29.9 Å². The Kier molecular flexibility index (Phi) is 3.45. The predicted molar refractivity (Wildman–Crippen MR) is 68.6 cm³/mol. The summed E-state index contributed by atoms with van der Waals surface area (Å²) in [6, 6.07) is 8.34. The van der Waals surface area contributed by atoms with Crippen LogP contribution >= 0.6 is 0 Å². The minimum absolute atomic E-state index is 0.923. The quantitative estimate of drug-likeness (QED) is 0.716. The SMILES string of the molecule is C/C=C1/C=C(c2ccc(OC)cc2)CCC1. The lowest BCUT2D eigenvalue weighted by atomic mass is 9.91. The Morgan fingerprint density at radius 1 is 1.12 bits per heavy atom. The summed E-state index contributed by atoms with van der Waals surface area (Å²) in [5, 5.41) is 0. The van der Waals surface area contributed by atoms with Crippen LogP contribution in [0.15, 0.2) is 42.0 Å². The van der Waals surface area contributed by atoms with E-state index in [1.54, 1.807) is 7.11 Å². The van der Waals surface area contributed by atoms with Gasteiger partial charge in [-0.25, -0.2) is 0 Å². The van der Waals surface area contributed by atoms with E-state index in [1.165, 1.54) is 36.0 Å². The molecule has 1 aliphatic carbocycles. The Morgan fingerprint density at radius 2 is 1.88 bits per heavy atom. The maximum atomic E-state index is 5.17. The zero-order chi connectivity index (χ0) is 11.4. The molecule has 0 aliphatic heterocycles. The first-order valence-corrected chi connectivity index (χ1v) is 5.83. The van der Waals surface area contributed by atoms with Crippen molar-refractivity contribution in [1.29, 1.82) is 0 Å². The van der Waals surface area contributed by atoms with Crippen LogP contribution in [0.5, 0.6) is 5.75 Å². The number of hydrogen-bond acceptors (Lipinski definition) is 1. The molecule has 1 nitrogen and oxygen atoms in total. The van der Waals surface area contributed by atoms with Gasteiger partial charge in [-0.15, -0.1) is 0 Å². The topological polar surface area (TPSA) is 9.23 Å². The summed E-state index contributed by atoms with van der Waals surface area (Å²) in [4.78, 5) is 0. The molecule has 1 aromatic carbocycles. The number of methoxy groups -OCH3 is 1. The van der Waals surface area contributed by atoms with Crippen molar-refractivity contribution in [1.82, 2.24) is 0 Å². The summed E-state index contributed by atoms with van der Waals surface area (Å²) in [7, 11) is 1.70. The molecule has 0 bridgehead atoms. The molecular formula is C15H18O. The summed E-state index contributed by atoms with van der Waals surface area (Å²) >= 11 is 0. The van der Waals surface area contributed by atoms with Crippen LogP contribution < -0.4 is 4.74 Å². The second-order valence-electron chi connectivity index (χ2n) is 4.12. The normalized spacial score (nSPS) is 18.4. The summed E-state index contributed by atoms with van der Waals surface area (Å²) in [6.45, 7) is 2.11. The van der Waals surface area contributed by atoms with Crippen LogP contribution in [0.3, 0.4) is 0 Å². The molecule has 0 amide bonds. The van der Waals surface area contributed by atoms with E-state index in [-0.39, 0.29) is 0 Å². The van der Waals surface area contributed by atoms with E-state index in [1.807, 2.05) is 12.1 Å². The van der Waals surface area contributed by atoms with Gasteiger partial charge in [0, 0.05) is 0 Å². The molecule has 0 N–H and O–H groups in total. The highest BCUT2D eigenvalue weighted by Gasteiger charge is 2.08. The van der Waals surface area contributed by atoms with Crippen LogP contribution in [0.2, 0.25) is 0 Å². The smallest absolute Gasteiger partial charge is 0.118 e. The van der Waals surface area contributed by atoms with E-state index < -0.39 is 0 Å². The Morgan fingerprint density at radius 3 is 2.50 bits per heavy atom. The lowest BCUT2D eigenvalue weighted by Gasteiger charge is -2.15. The third-order valence-electron chi connectivity index (χ3n) is 3.10. The van der Waals surface area contributed by atoms with Gasteiger partial charge in [-0.2, -0.15) is 0 Å².